The van der Waals surface area contributed by atoms with Crippen molar-refractivity contribution >= 4 is 5.96 Å². The van der Waals surface area contributed by atoms with Gasteiger partial charge in [-0.1, -0.05) is 19.0 Å². The summed E-state index contributed by atoms with van der Waals surface area (Å²) in [6.07, 6.45) is 0. The van der Waals surface area contributed by atoms with E-state index < -0.39 is 0 Å². The number of nitrogens with zero attached hydrogens (tertiary/aromatic N) is 2. The van der Waals surface area contributed by atoms with Gasteiger partial charge in [0.05, 0.1) is 12.2 Å². The molecule has 0 unspecified atom stereocenters. The number of hydrogen-bond acceptors (Lipinski definition) is 3. The van der Waals surface area contributed by atoms with Gasteiger partial charge in [0.2, 0.25) is 0 Å². The molecule has 0 spiro atoms. The molecular formula is C13H24N4O. The quantitative estimate of drug-likeness (QED) is 0.621. The molecule has 5 nitrogen and oxygen atoms in total. The van der Waals surface area contributed by atoms with Crippen LogP contribution in [0.5, 0.6) is 0 Å². The molecule has 0 aliphatic carbocycles. The summed E-state index contributed by atoms with van der Waals surface area (Å²) in [6, 6.07) is 0. The Morgan fingerprint density at radius 1 is 1.33 bits per heavy atom. The monoisotopic (exact) mass is 252 g/mol. The molecule has 0 bridgehead atoms. The fourth-order valence-corrected chi connectivity index (χ4v) is 1.53. The number of nitrogens with one attached hydrogen (secondary N) is 2. The Morgan fingerprint density at radius 3 is 2.56 bits per heavy atom. The van der Waals surface area contributed by atoms with Crippen molar-refractivity contribution in [2.75, 3.05) is 13.1 Å². The van der Waals surface area contributed by atoms with Crippen molar-refractivity contribution in [3.05, 3.63) is 17.0 Å². The first-order chi connectivity index (χ1) is 8.54. The lowest BCUT2D eigenvalue weighted by Gasteiger charge is -2.12. The molecule has 1 aromatic heterocycles. The molecule has 0 saturated carbocycles. The lowest BCUT2D eigenvalue weighted by Crippen LogP contribution is -2.39. The van der Waals surface area contributed by atoms with E-state index in [0.29, 0.717) is 12.5 Å². The van der Waals surface area contributed by atoms with Crippen molar-refractivity contribution in [1.29, 1.82) is 0 Å². The highest BCUT2D eigenvalue weighted by atomic mass is 16.5. The van der Waals surface area contributed by atoms with Crippen molar-refractivity contribution in [3.8, 4) is 0 Å². The van der Waals surface area contributed by atoms with Crippen LogP contribution in [0.15, 0.2) is 9.52 Å². The normalized spacial score (nSPS) is 12.0. The fraction of sp³-hybridized carbons (Fsp3) is 0.692. The Hall–Kier alpha value is -1.52. The van der Waals surface area contributed by atoms with Crippen LogP contribution in [0.1, 0.15) is 37.8 Å². The topological polar surface area (TPSA) is 62.5 Å². The van der Waals surface area contributed by atoms with Gasteiger partial charge in [-0.2, -0.15) is 0 Å². The molecule has 102 valence electrons. The number of guanidine groups is 1. The summed E-state index contributed by atoms with van der Waals surface area (Å²) in [4.78, 5) is 4.54. The standard InChI is InChI=1S/C13H24N4O/c1-6-14-13(15-7-9(2)3)16-8-12-10(4)17-18-11(12)5/h9H,6-8H2,1-5H3,(H2,14,15,16). The van der Waals surface area contributed by atoms with E-state index in [1.807, 2.05) is 13.8 Å². The first-order valence-electron chi connectivity index (χ1n) is 6.48. The fourth-order valence-electron chi connectivity index (χ4n) is 1.53. The third kappa shape index (κ3) is 4.39. The average molecular weight is 252 g/mol. The summed E-state index contributed by atoms with van der Waals surface area (Å²) in [7, 11) is 0. The number of aliphatic imine (C=N–C) groups is 1. The lowest BCUT2D eigenvalue weighted by molar-refractivity contribution is 0.392. The van der Waals surface area contributed by atoms with Gasteiger partial charge in [-0.3, -0.25) is 0 Å². The van der Waals surface area contributed by atoms with Gasteiger partial charge in [0, 0.05) is 18.7 Å². The molecule has 0 amide bonds. The predicted octanol–water partition coefficient (Wildman–Crippen LogP) is 2.00. The summed E-state index contributed by atoms with van der Waals surface area (Å²) in [5, 5.41) is 10.5. The van der Waals surface area contributed by atoms with E-state index in [1.54, 1.807) is 0 Å². The zero-order valence-electron chi connectivity index (χ0n) is 12.0. The van der Waals surface area contributed by atoms with Crippen LogP contribution in [0, 0.1) is 19.8 Å². The summed E-state index contributed by atoms with van der Waals surface area (Å²) >= 11 is 0. The molecule has 1 heterocycles. The van der Waals surface area contributed by atoms with Crippen molar-refractivity contribution < 1.29 is 4.52 Å². The largest absolute Gasteiger partial charge is 0.361 e. The Morgan fingerprint density at radius 2 is 2.06 bits per heavy atom. The number of hydrogen-bond donors (Lipinski definition) is 2. The van der Waals surface area contributed by atoms with Crippen LogP contribution in [-0.4, -0.2) is 24.2 Å². The first kappa shape index (κ1) is 14.5. The molecule has 0 aliphatic heterocycles. The van der Waals surface area contributed by atoms with Gasteiger partial charge in [0.1, 0.15) is 5.76 Å². The van der Waals surface area contributed by atoms with Crippen LogP contribution in [0.4, 0.5) is 0 Å². The maximum absolute atomic E-state index is 5.13. The van der Waals surface area contributed by atoms with Crippen molar-refractivity contribution in [1.82, 2.24) is 15.8 Å². The highest BCUT2D eigenvalue weighted by Gasteiger charge is 2.08. The number of aryl methyl sites for hydroxylation is 2. The minimum atomic E-state index is 0.591. The van der Waals surface area contributed by atoms with E-state index in [0.717, 1.165) is 36.1 Å². The highest BCUT2D eigenvalue weighted by molar-refractivity contribution is 5.79. The summed E-state index contributed by atoms with van der Waals surface area (Å²) in [5.74, 6) is 2.27. The molecular weight excluding hydrogens is 228 g/mol. The maximum Gasteiger partial charge on any atom is 0.191 e. The van der Waals surface area contributed by atoms with E-state index in [2.05, 4.69) is 41.6 Å². The Labute approximate surface area is 109 Å². The molecule has 0 aliphatic rings. The minimum Gasteiger partial charge on any atom is -0.361 e. The van der Waals surface area contributed by atoms with E-state index in [-0.39, 0.29) is 0 Å². The lowest BCUT2D eigenvalue weighted by atomic mass is 10.2. The maximum atomic E-state index is 5.13. The second-order valence-corrected chi connectivity index (χ2v) is 4.77. The van der Waals surface area contributed by atoms with Crippen molar-refractivity contribution in [2.45, 2.75) is 41.2 Å². The smallest absolute Gasteiger partial charge is 0.191 e. The third-order valence-corrected chi connectivity index (χ3v) is 2.60. The van der Waals surface area contributed by atoms with Crippen LogP contribution in [-0.2, 0) is 6.54 Å². The van der Waals surface area contributed by atoms with Gasteiger partial charge < -0.3 is 15.2 Å². The highest BCUT2D eigenvalue weighted by Crippen LogP contribution is 2.12. The Balaban J connectivity index is 2.65. The zero-order valence-corrected chi connectivity index (χ0v) is 12.0. The Kier molecular flexibility index (Phi) is 5.68. The van der Waals surface area contributed by atoms with Gasteiger partial charge >= 0.3 is 0 Å². The molecule has 5 heteroatoms. The van der Waals surface area contributed by atoms with Gasteiger partial charge in [-0.15, -0.1) is 0 Å². The van der Waals surface area contributed by atoms with Crippen LogP contribution in [0.25, 0.3) is 0 Å². The van der Waals surface area contributed by atoms with Gasteiger partial charge in [-0.05, 0) is 26.7 Å². The second-order valence-electron chi connectivity index (χ2n) is 4.77. The van der Waals surface area contributed by atoms with Gasteiger partial charge in [0.25, 0.3) is 0 Å². The van der Waals surface area contributed by atoms with Crippen LogP contribution < -0.4 is 10.6 Å². The molecule has 0 radical (unpaired) electrons. The van der Waals surface area contributed by atoms with E-state index in [4.69, 9.17) is 4.52 Å². The molecule has 1 rings (SSSR count). The molecule has 0 saturated heterocycles. The second kappa shape index (κ2) is 7.03. The number of aromatic nitrogens is 1. The summed E-state index contributed by atoms with van der Waals surface area (Å²) in [5.41, 5.74) is 1.98. The summed E-state index contributed by atoms with van der Waals surface area (Å²) < 4.78 is 5.13. The molecule has 0 fully saturated rings. The SMILES string of the molecule is CCNC(=NCc1c(C)noc1C)NCC(C)C. The van der Waals surface area contributed by atoms with Gasteiger partial charge in [0.15, 0.2) is 5.96 Å². The minimum absolute atomic E-state index is 0.591. The van der Waals surface area contributed by atoms with Gasteiger partial charge in [-0.25, -0.2) is 4.99 Å². The Bertz CT molecular complexity index is 376. The predicted molar refractivity (Wildman–Crippen MR) is 73.6 cm³/mol. The molecule has 0 atom stereocenters. The zero-order chi connectivity index (χ0) is 13.5. The molecule has 18 heavy (non-hydrogen) atoms. The van der Waals surface area contributed by atoms with Crippen LogP contribution >= 0.6 is 0 Å². The summed E-state index contributed by atoms with van der Waals surface area (Å²) in [6.45, 7) is 12.6. The van der Waals surface area contributed by atoms with E-state index in [1.165, 1.54) is 0 Å². The van der Waals surface area contributed by atoms with Crippen LogP contribution in [0.2, 0.25) is 0 Å². The van der Waals surface area contributed by atoms with Crippen molar-refractivity contribution in [3.63, 3.8) is 0 Å². The average Bonchev–Trinajstić information content (AvgIpc) is 2.63. The third-order valence-electron chi connectivity index (χ3n) is 2.60. The molecule has 2 N–H and O–H groups in total. The van der Waals surface area contributed by atoms with Crippen LogP contribution in [0.3, 0.4) is 0 Å². The first-order valence-corrected chi connectivity index (χ1v) is 6.48. The molecule has 0 aromatic carbocycles. The van der Waals surface area contributed by atoms with E-state index >= 15 is 0 Å². The molecule has 1 aromatic rings. The van der Waals surface area contributed by atoms with E-state index in [9.17, 15) is 0 Å². The van der Waals surface area contributed by atoms with Crippen molar-refractivity contribution in [2.24, 2.45) is 10.9 Å². The number of rotatable bonds is 5.